The van der Waals surface area contributed by atoms with Crippen molar-refractivity contribution in [3.63, 3.8) is 0 Å². The molecule has 0 aliphatic carbocycles. The molecule has 0 unspecified atom stereocenters. The maximum absolute atomic E-state index is 12.0. The normalized spacial score (nSPS) is 10.9. The van der Waals surface area contributed by atoms with Crippen molar-refractivity contribution >= 4 is 17.7 Å². The monoisotopic (exact) mass is 276 g/mol. The molecule has 1 aromatic carbocycles. The fourth-order valence-electron chi connectivity index (χ4n) is 1.44. The first-order valence-corrected chi connectivity index (χ1v) is 7.17. The molecular weight excluding hydrogens is 256 g/mol. The number of benzene rings is 1. The van der Waals surface area contributed by atoms with Crippen molar-refractivity contribution in [3.05, 3.63) is 35.4 Å². The van der Waals surface area contributed by atoms with Gasteiger partial charge in [-0.1, -0.05) is 32.9 Å². The quantitative estimate of drug-likeness (QED) is 0.849. The number of nitriles is 1. The van der Waals surface area contributed by atoms with Gasteiger partial charge < -0.3 is 4.90 Å². The third-order valence-corrected chi connectivity index (χ3v) is 3.81. The van der Waals surface area contributed by atoms with Crippen LogP contribution in [0.2, 0.25) is 0 Å². The summed E-state index contributed by atoms with van der Waals surface area (Å²) in [5.41, 5.74) is 1.68. The number of hydrogen-bond donors (Lipinski definition) is 0. The highest BCUT2D eigenvalue weighted by Gasteiger charge is 2.16. The lowest BCUT2D eigenvalue weighted by molar-refractivity contribution is -0.127. The predicted molar refractivity (Wildman–Crippen MR) is 79.8 cm³/mol. The first-order valence-electron chi connectivity index (χ1n) is 6.19. The van der Waals surface area contributed by atoms with Gasteiger partial charge in [0.05, 0.1) is 17.4 Å². The molecule has 0 saturated heterocycles. The molecule has 1 aromatic rings. The average Bonchev–Trinajstić information content (AvgIpc) is 2.36. The molecule has 19 heavy (non-hydrogen) atoms. The van der Waals surface area contributed by atoms with E-state index in [4.69, 9.17) is 5.26 Å². The Balaban J connectivity index is 2.51. The van der Waals surface area contributed by atoms with Crippen LogP contribution in [0.1, 0.15) is 31.9 Å². The summed E-state index contributed by atoms with van der Waals surface area (Å²) in [5.74, 6) is 0.625. The summed E-state index contributed by atoms with van der Waals surface area (Å²) in [6.07, 6.45) is 0. The lowest BCUT2D eigenvalue weighted by atomic mass is 10.1. The fraction of sp³-hybridized carbons (Fsp3) is 0.467. The van der Waals surface area contributed by atoms with Gasteiger partial charge in [-0.3, -0.25) is 4.79 Å². The fourth-order valence-corrected chi connectivity index (χ4v) is 2.21. The van der Waals surface area contributed by atoms with Crippen molar-refractivity contribution in [1.82, 2.24) is 4.90 Å². The highest BCUT2D eigenvalue weighted by atomic mass is 32.2. The third-order valence-electron chi connectivity index (χ3n) is 2.56. The molecule has 0 atom stereocenters. The number of thioether (sulfide) groups is 1. The lowest BCUT2D eigenvalue weighted by Crippen LogP contribution is -2.29. The Labute approximate surface area is 119 Å². The molecule has 0 N–H and O–H groups in total. The number of amides is 1. The topological polar surface area (TPSA) is 44.1 Å². The summed E-state index contributed by atoms with van der Waals surface area (Å²) < 4.78 is 0.102. The van der Waals surface area contributed by atoms with Gasteiger partial charge in [0, 0.05) is 18.3 Å². The van der Waals surface area contributed by atoms with E-state index < -0.39 is 0 Å². The predicted octanol–water partition coefficient (Wildman–Crippen LogP) is 3.05. The average molecular weight is 276 g/mol. The van der Waals surface area contributed by atoms with E-state index in [-0.39, 0.29) is 10.7 Å². The molecule has 0 aliphatic heterocycles. The van der Waals surface area contributed by atoms with Gasteiger partial charge in [-0.05, 0) is 17.7 Å². The Morgan fingerprint density at radius 3 is 2.37 bits per heavy atom. The van der Waals surface area contributed by atoms with E-state index in [9.17, 15) is 4.79 Å². The summed E-state index contributed by atoms with van der Waals surface area (Å²) in [7, 11) is 1.81. The van der Waals surface area contributed by atoms with Crippen LogP contribution < -0.4 is 0 Å². The first-order chi connectivity index (χ1) is 8.81. The van der Waals surface area contributed by atoms with E-state index in [1.54, 1.807) is 28.8 Å². The van der Waals surface area contributed by atoms with Crippen LogP contribution in [0.25, 0.3) is 0 Å². The minimum absolute atomic E-state index is 0.102. The highest BCUT2D eigenvalue weighted by molar-refractivity contribution is 8.01. The number of rotatable bonds is 4. The Bertz CT molecular complexity index is 468. The lowest BCUT2D eigenvalue weighted by Gasteiger charge is -2.21. The van der Waals surface area contributed by atoms with Crippen LogP contribution in [-0.4, -0.2) is 28.4 Å². The van der Waals surface area contributed by atoms with Gasteiger partial charge >= 0.3 is 0 Å². The molecule has 4 heteroatoms. The van der Waals surface area contributed by atoms with E-state index in [0.717, 1.165) is 5.56 Å². The van der Waals surface area contributed by atoms with E-state index in [1.807, 2.05) is 19.2 Å². The van der Waals surface area contributed by atoms with Crippen LogP contribution in [-0.2, 0) is 11.3 Å². The van der Waals surface area contributed by atoms with E-state index in [1.165, 1.54) is 0 Å². The molecule has 0 bridgehead atoms. The Kier molecular flexibility index (Phi) is 5.44. The van der Waals surface area contributed by atoms with Crippen molar-refractivity contribution in [3.8, 4) is 6.07 Å². The molecule has 0 spiro atoms. The molecule has 1 rings (SSSR count). The molecular formula is C15H20N2OS. The maximum Gasteiger partial charge on any atom is 0.232 e. The van der Waals surface area contributed by atoms with Crippen LogP contribution in [0.4, 0.5) is 0 Å². The number of nitrogens with zero attached hydrogens (tertiary/aromatic N) is 2. The van der Waals surface area contributed by atoms with Crippen molar-refractivity contribution in [2.45, 2.75) is 32.1 Å². The van der Waals surface area contributed by atoms with Crippen molar-refractivity contribution in [2.75, 3.05) is 12.8 Å². The van der Waals surface area contributed by atoms with Gasteiger partial charge in [0.2, 0.25) is 5.91 Å². The van der Waals surface area contributed by atoms with Crippen molar-refractivity contribution < 1.29 is 4.79 Å². The second kappa shape index (κ2) is 6.63. The summed E-state index contributed by atoms with van der Waals surface area (Å²) in [4.78, 5) is 13.7. The van der Waals surface area contributed by atoms with Crippen LogP contribution in [0, 0.1) is 11.3 Å². The van der Waals surface area contributed by atoms with E-state index >= 15 is 0 Å². The SMILES string of the molecule is CN(Cc1ccc(C#N)cc1)C(=O)CSC(C)(C)C. The van der Waals surface area contributed by atoms with E-state index in [2.05, 4.69) is 26.8 Å². The zero-order chi connectivity index (χ0) is 14.5. The van der Waals surface area contributed by atoms with Gasteiger partial charge in [-0.25, -0.2) is 0 Å². The molecule has 0 heterocycles. The third kappa shape index (κ3) is 5.80. The summed E-state index contributed by atoms with van der Waals surface area (Å²) in [6, 6.07) is 9.41. The molecule has 0 aromatic heterocycles. The van der Waals surface area contributed by atoms with Gasteiger partial charge in [-0.15, -0.1) is 11.8 Å². The maximum atomic E-state index is 12.0. The second-order valence-electron chi connectivity index (χ2n) is 5.46. The minimum atomic E-state index is 0.102. The molecule has 0 saturated carbocycles. The van der Waals surface area contributed by atoms with Gasteiger partial charge in [0.25, 0.3) is 0 Å². The van der Waals surface area contributed by atoms with E-state index in [0.29, 0.717) is 17.9 Å². The molecule has 1 amide bonds. The molecule has 0 aliphatic rings. The van der Waals surface area contributed by atoms with Crippen molar-refractivity contribution in [1.29, 1.82) is 5.26 Å². The van der Waals surface area contributed by atoms with Crippen molar-refractivity contribution in [2.24, 2.45) is 0 Å². The van der Waals surface area contributed by atoms with Crippen LogP contribution >= 0.6 is 11.8 Å². The number of hydrogen-bond acceptors (Lipinski definition) is 3. The Morgan fingerprint density at radius 1 is 1.32 bits per heavy atom. The summed E-state index contributed by atoms with van der Waals surface area (Å²) in [5, 5.41) is 8.73. The van der Waals surface area contributed by atoms with Crippen LogP contribution in [0.15, 0.2) is 24.3 Å². The first kappa shape index (κ1) is 15.6. The molecule has 0 radical (unpaired) electrons. The molecule has 3 nitrogen and oxygen atoms in total. The number of carbonyl (C=O) groups is 1. The smallest absolute Gasteiger partial charge is 0.232 e. The standard InChI is InChI=1S/C15H20N2OS/c1-15(2,3)19-11-14(18)17(4)10-13-7-5-12(9-16)6-8-13/h5-8H,10-11H2,1-4H3. The van der Waals surface area contributed by atoms with Gasteiger partial charge in [-0.2, -0.15) is 5.26 Å². The Hall–Kier alpha value is -1.47. The number of carbonyl (C=O) groups excluding carboxylic acids is 1. The van der Waals surface area contributed by atoms with Gasteiger partial charge in [0.15, 0.2) is 0 Å². The van der Waals surface area contributed by atoms with Gasteiger partial charge in [0.1, 0.15) is 0 Å². The van der Waals surface area contributed by atoms with Crippen LogP contribution in [0.5, 0.6) is 0 Å². The highest BCUT2D eigenvalue weighted by Crippen LogP contribution is 2.23. The summed E-state index contributed by atoms with van der Waals surface area (Å²) >= 11 is 1.65. The molecule has 0 fully saturated rings. The zero-order valence-corrected chi connectivity index (χ0v) is 12.8. The Morgan fingerprint density at radius 2 is 1.89 bits per heavy atom. The zero-order valence-electron chi connectivity index (χ0n) is 11.9. The largest absolute Gasteiger partial charge is 0.341 e. The summed E-state index contributed by atoms with van der Waals surface area (Å²) in [6.45, 7) is 6.89. The molecule has 102 valence electrons. The minimum Gasteiger partial charge on any atom is -0.341 e. The second-order valence-corrected chi connectivity index (χ2v) is 7.26. The van der Waals surface area contributed by atoms with Crippen LogP contribution in [0.3, 0.4) is 0 Å².